The number of hydrogen-bond donors (Lipinski definition) is 0. The van der Waals surface area contributed by atoms with Gasteiger partial charge in [0.2, 0.25) is 0 Å². The van der Waals surface area contributed by atoms with Gasteiger partial charge in [-0.25, -0.2) is 0 Å². The minimum absolute atomic E-state index is 0.0489. The average molecular weight is 415 g/mol. The van der Waals surface area contributed by atoms with Crippen molar-refractivity contribution in [2.75, 3.05) is 45.9 Å². The average Bonchev–Trinajstić information content (AvgIpc) is 2.84. The topological polar surface area (TPSA) is 32.8 Å². The molecule has 0 spiro atoms. The highest BCUT2D eigenvalue weighted by atomic mass is 16.5. The van der Waals surface area contributed by atoms with Gasteiger partial charge in [-0.05, 0) is 11.1 Å². The Morgan fingerprint density at radius 1 is 0.710 bits per heavy atom. The summed E-state index contributed by atoms with van der Waals surface area (Å²) in [6.07, 6.45) is -0.0489. The zero-order valence-electron chi connectivity index (χ0n) is 17.9. The van der Waals surface area contributed by atoms with Gasteiger partial charge in [0.25, 0.3) is 0 Å². The van der Waals surface area contributed by atoms with Crippen LogP contribution in [0.3, 0.4) is 0 Å². The van der Waals surface area contributed by atoms with Gasteiger partial charge in [-0.3, -0.25) is 14.6 Å². The zero-order valence-corrected chi connectivity index (χ0v) is 17.9. The molecular weight excluding hydrogens is 384 g/mol. The van der Waals surface area contributed by atoms with Crippen LogP contribution in [0.5, 0.6) is 0 Å². The van der Waals surface area contributed by atoms with Crippen molar-refractivity contribution in [3.63, 3.8) is 0 Å². The van der Waals surface area contributed by atoms with E-state index in [0.717, 1.165) is 38.3 Å². The van der Waals surface area contributed by atoms with Crippen molar-refractivity contribution in [2.24, 2.45) is 0 Å². The number of piperazine rings is 1. The molecule has 1 heterocycles. The minimum Gasteiger partial charge on any atom is -0.367 e. The molecule has 1 aliphatic heterocycles. The molecule has 0 unspecified atom stereocenters. The van der Waals surface area contributed by atoms with Crippen LogP contribution in [0.15, 0.2) is 91.0 Å². The second-order valence-electron chi connectivity index (χ2n) is 7.98. The van der Waals surface area contributed by atoms with Crippen molar-refractivity contribution in [3.8, 4) is 0 Å². The first-order valence-corrected chi connectivity index (χ1v) is 11.0. The van der Waals surface area contributed by atoms with Crippen LogP contribution in [0, 0.1) is 0 Å². The summed E-state index contributed by atoms with van der Waals surface area (Å²) in [6.45, 7) is 5.84. The standard InChI is InChI=1S/C27H30N2O2/c30-26(23-10-4-1-5-11-23)22-29-18-16-28(17-19-29)20-21-31-27(24-12-6-2-7-13-24)25-14-8-3-9-15-25/h1-15,27H,16-22H2. The van der Waals surface area contributed by atoms with E-state index in [1.54, 1.807) is 0 Å². The van der Waals surface area contributed by atoms with E-state index < -0.39 is 0 Å². The molecule has 0 amide bonds. The van der Waals surface area contributed by atoms with E-state index in [4.69, 9.17) is 4.74 Å². The highest BCUT2D eigenvalue weighted by Gasteiger charge is 2.20. The molecule has 0 saturated carbocycles. The van der Waals surface area contributed by atoms with Gasteiger partial charge in [0.15, 0.2) is 5.78 Å². The van der Waals surface area contributed by atoms with Crippen molar-refractivity contribution in [1.82, 2.24) is 9.80 Å². The zero-order chi connectivity index (χ0) is 21.3. The quantitative estimate of drug-likeness (QED) is 0.489. The van der Waals surface area contributed by atoms with Crippen molar-refractivity contribution in [1.29, 1.82) is 0 Å². The van der Waals surface area contributed by atoms with Crippen molar-refractivity contribution in [2.45, 2.75) is 6.10 Å². The first kappa shape index (κ1) is 21.4. The fourth-order valence-corrected chi connectivity index (χ4v) is 4.03. The monoisotopic (exact) mass is 414 g/mol. The van der Waals surface area contributed by atoms with Crippen LogP contribution < -0.4 is 0 Å². The summed E-state index contributed by atoms with van der Waals surface area (Å²) in [5, 5.41) is 0. The van der Waals surface area contributed by atoms with E-state index in [9.17, 15) is 4.79 Å². The number of ketones is 1. The third-order valence-electron chi connectivity index (χ3n) is 5.82. The van der Waals surface area contributed by atoms with Gasteiger partial charge in [-0.2, -0.15) is 0 Å². The number of carbonyl (C=O) groups excluding carboxylic acids is 1. The number of Topliss-reactive ketones (excluding diaryl/α,β-unsaturated/α-hetero) is 1. The fourth-order valence-electron chi connectivity index (χ4n) is 4.03. The Morgan fingerprint density at radius 3 is 1.74 bits per heavy atom. The van der Waals surface area contributed by atoms with Crippen molar-refractivity contribution >= 4 is 5.78 Å². The van der Waals surface area contributed by atoms with Crippen LogP contribution in [-0.4, -0.2) is 61.5 Å². The van der Waals surface area contributed by atoms with E-state index in [1.807, 2.05) is 42.5 Å². The Hall–Kier alpha value is -2.79. The number of nitrogens with zero attached hydrogens (tertiary/aromatic N) is 2. The Kier molecular flexibility index (Phi) is 7.61. The lowest BCUT2D eigenvalue weighted by Crippen LogP contribution is -2.48. The summed E-state index contributed by atoms with van der Waals surface area (Å²) in [5.41, 5.74) is 3.15. The molecule has 0 bridgehead atoms. The number of ether oxygens (including phenoxy) is 1. The predicted octanol–water partition coefficient (Wildman–Crippen LogP) is 4.29. The SMILES string of the molecule is O=C(CN1CCN(CCOC(c2ccccc2)c2ccccc2)CC1)c1ccccc1. The maximum absolute atomic E-state index is 12.4. The molecule has 1 aliphatic rings. The lowest BCUT2D eigenvalue weighted by molar-refractivity contribution is 0.0446. The molecule has 1 saturated heterocycles. The largest absolute Gasteiger partial charge is 0.367 e. The summed E-state index contributed by atoms with van der Waals surface area (Å²) in [5.74, 6) is 0.200. The Morgan fingerprint density at radius 2 is 1.19 bits per heavy atom. The third-order valence-corrected chi connectivity index (χ3v) is 5.82. The van der Waals surface area contributed by atoms with Gasteiger partial charge >= 0.3 is 0 Å². The molecule has 4 nitrogen and oxygen atoms in total. The van der Waals surface area contributed by atoms with E-state index in [1.165, 1.54) is 11.1 Å². The smallest absolute Gasteiger partial charge is 0.176 e. The van der Waals surface area contributed by atoms with Gasteiger partial charge in [0.05, 0.1) is 13.2 Å². The third kappa shape index (κ3) is 6.11. The molecule has 4 rings (SSSR count). The van der Waals surface area contributed by atoms with Gasteiger partial charge in [-0.1, -0.05) is 91.0 Å². The summed E-state index contributed by atoms with van der Waals surface area (Å²) < 4.78 is 6.36. The maximum Gasteiger partial charge on any atom is 0.176 e. The second-order valence-corrected chi connectivity index (χ2v) is 7.98. The summed E-state index contributed by atoms with van der Waals surface area (Å²) >= 11 is 0. The number of benzene rings is 3. The molecule has 3 aromatic carbocycles. The number of hydrogen-bond acceptors (Lipinski definition) is 4. The van der Waals surface area contributed by atoms with Crippen molar-refractivity contribution < 1.29 is 9.53 Å². The summed E-state index contributed by atoms with van der Waals surface area (Å²) in [7, 11) is 0. The van der Waals surface area contributed by atoms with Crippen LogP contribution in [-0.2, 0) is 4.74 Å². The molecular formula is C27H30N2O2. The Balaban J connectivity index is 1.25. The number of rotatable bonds is 9. The van der Waals surface area contributed by atoms with Crippen LogP contribution in [0.1, 0.15) is 27.6 Å². The molecule has 31 heavy (non-hydrogen) atoms. The van der Waals surface area contributed by atoms with Crippen molar-refractivity contribution in [3.05, 3.63) is 108 Å². The van der Waals surface area contributed by atoms with Crippen LogP contribution >= 0.6 is 0 Å². The first-order chi connectivity index (χ1) is 15.3. The minimum atomic E-state index is -0.0489. The first-order valence-electron chi connectivity index (χ1n) is 11.0. The van der Waals surface area contributed by atoms with E-state index in [2.05, 4.69) is 58.3 Å². The van der Waals surface area contributed by atoms with Gasteiger partial charge in [0, 0.05) is 38.3 Å². The van der Waals surface area contributed by atoms with E-state index in [-0.39, 0.29) is 11.9 Å². The van der Waals surface area contributed by atoms with E-state index >= 15 is 0 Å². The molecule has 160 valence electrons. The van der Waals surface area contributed by atoms with Crippen LogP contribution in [0.25, 0.3) is 0 Å². The Bertz CT molecular complexity index is 884. The summed E-state index contributed by atoms with van der Waals surface area (Å²) in [6, 6.07) is 30.4. The summed E-state index contributed by atoms with van der Waals surface area (Å²) in [4.78, 5) is 17.1. The number of carbonyl (C=O) groups is 1. The van der Waals surface area contributed by atoms with E-state index in [0.29, 0.717) is 13.2 Å². The maximum atomic E-state index is 12.4. The molecule has 1 fully saturated rings. The lowest BCUT2D eigenvalue weighted by atomic mass is 10.0. The highest BCUT2D eigenvalue weighted by Crippen LogP contribution is 2.25. The van der Waals surface area contributed by atoms with Gasteiger partial charge in [0.1, 0.15) is 6.10 Å². The van der Waals surface area contributed by atoms with Gasteiger partial charge < -0.3 is 4.74 Å². The normalized spacial score (nSPS) is 15.3. The molecule has 0 N–H and O–H groups in total. The molecule has 0 atom stereocenters. The Labute approximate surface area is 185 Å². The highest BCUT2D eigenvalue weighted by molar-refractivity contribution is 5.97. The molecule has 0 aliphatic carbocycles. The predicted molar refractivity (Wildman–Crippen MR) is 124 cm³/mol. The lowest BCUT2D eigenvalue weighted by Gasteiger charge is -2.34. The van der Waals surface area contributed by atoms with Crippen LogP contribution in [0.2, 0.25) is 0 Å². The molecule has 0 aromatic heterocycles. The molecule has 3 aromatic rings. The van der Waals surface area contributed by atoms with Gasteiger partial charge in [-0.15, -0.1) is 0 Å². The van der Waals surface area contributed by atoms with Crippen LogP contribution in [0.4, 0.5) is 0 Å². The molecule has 4 heteroatoms. The molecule has 0 radical (unpaired) electrons. The second kappa shape index (κ2) is 11.0. The fraction of sp³-hybridized carbons (Fsp3) is 0.296.